The Bertz CT molecular complexity index is 146. The van der Waals surface area contributed by atoms with Crippen LogP contribution in [0.3, 0.4) is 0 Å². The second-order valence-electron chi connectivity index (χ2n) is 2.56. The summed E-state index contributed by atoms with van der Waals surface area (Å²) in [6.45, 7) is 0. The summed E-state index contributed by atoms with van der Waals surface area (Å²) in [4.78, 5) is 0. The van der Waals surface area contributed by atoms with Gasteiger partial charge in [-0.15, -0.1) is 0 Å². The summed E-state index contributed by atoms with van der Waals surface area (Å²) in [6, 6.07) is 0. The fraction of sp³-hybridized carbons (Fsp3) is 1.00. The summed E-state index contributed by atoms with van der Waals surface area (Å²) in [5.41, 5.74) is 4.19. The molecule has 0 aliphatic carbocycles. The standard InChI is InChI=1S/C6H8F7N/c7-1(3(9)5(11)12)2(8)4(10)6(13)14/h1-6H,14H2. The SMILES string of the molecule is NC(F)C(F)C(F)C(F)C(F)C(F)F. The van der Waals surface area contributed by atoms with Crippen molar-refractivity contribution < 1.29 is 30.7 Å². The van der Waals surface area contributed by atoms with Gasteiger partial charge in [0.15, 0.2) is 31.0 Å². The second-order valence-corrected chi connectivity index (χ2v) is 2.56. The van der Waals surface area contributed by atoms with Crippen molar-refractivity contribution in [3.05, 3.63) is 0 Å². The first-order chi connectivity index (χ1) is 6.29. The fourth-order valence-corrected chi connectivity index (χ4v) is 0.666. The summed E-state index contributed by atoms with van der Waals surface area (Å²) in [6.07, 6.45) is -20.1. The van der Waals surface area contributed by atoms with E-state index in [1.807, 2.05) is 0 Å². The van der Waals surface area contributed by atoms with Crippen molar-refractivity contribution in [1.29, 1.82) is 0 Å². The summed E-state index contributed by atoms with van der Waals surface area (Å²) in [5.74, 6) is 0. The third kappa shape index (κ3) is 3.32. The van der Waals surface area contributed by atoms with Crippen molar-refractivity contribution >= 4 is 0 Å². The highest BCUT2D eigenvalue weighted by Crippen LogP contribution is 2.22. The molecule has 0 amide bonds. The molecule has 0 aromatic carbocycles. The third-order valence-electron chi connectivity index (χ3n) is 1.46. The van der Waals surface area contributed by atoms with Crippen LogP contribution in [0.5, 0.6) is 0 Å². The van der Waals surface area contributed by atoms with Gasteiger partial charge >= 0.3 is 0 Å². The van der Waals surface area contributed by atoms with Crippen LogP contribution in [0.1, 0.15) is 0 Å². The molecule has 86 valence electrons. The van der Waals surface area contributed by atoms with Crippen molar-refractivity contribution in [2.24, 2.45) is 5.73 Å². The van der Waals surface area contributed by atoms with Crippen molar-refractivity contribution in [2.75, 3.05) is 0 Å². The van der Waals surface area contributed by atoms with Crippen LogP contribution in [-0.2, 0) is 0 Å². The lowest BCUT2D eigenvalue weighted by Crippen LogP contribution is -2.44. The van der Waals surface area contributed by atoms with Crippen LogP contribution in [0.4, 0.5) is 30.7 Å². The molecule has 0 saturated carbocycles. The molecule has 1 nitrogen and oxygen atoms in total. The summed E-state index contributed by atoms with van der Waals surface area (Å²) < 4.78 is 83.9. The average molecular weight is 227 g/mol. The molecule has 0 aromatic heterocycles. The highest BCUT2D eigenvalue weighted by atomic mass is 19.3. The van der Waals surface area contributed by atoms with Crippen molar-refractivity contribution in [2.45, 2.75) is 37.4 Å². The van der Waals surface area contributed by atoms with E-state index < -0.39 is 37.4 Å². The number of alkyl halides is 7. The minimum absolute atomic E-state index is 2.88. The van der Waals surface area contributed by atoms with Crippen LogP contribution >= 0.6 is 0 Å². The predicted molar refractivity (Wildman–Crippen MR) is 34.7 cm³/mol. The Morgan fingerprint density at radius 3 is 1.21 bits per heavy atom. The van der Waals surface area contributed by atoms with E-state index in [9.17, 15) is 30.7 Å². The maximum atomic E-state index is 12.4. The summed E-state index contributed by atoms with van der Waals surface area (Å²) in [5, 5.41) is 0. The molecular weight excluding hydrogens is 219 g/mol. The first kappa shape index (κ1) is 13.5. The zero-order chi connectivity index (χ0) is 11.5. The van der Waals surface area contributed by atoms with Gasteiger partial charge in [-0.05, 0) is 0 Å². The zero-order valence-corrected chi connectivity index (χ0v) is 6.69. The van der Waals surface area contributed by atoms with Gasteiger partial charge in [0.2, 0.25) is 0 Å². The molecule has 0 aliphatic rings. The van der Waals surface area contributed by atoms with Crippen LogP contribution in [0.25, 0.3) is 0 Å². The van der Waals surface area contributed by atoms with Gasteiger partial charge in [0.05, 0.1) is 0 Å². The molecule has 0 aromatic rings. The largest absolute Gasteiger partial charge is 0.299 e. The van der Waals surface area contributed by atoms with Crippen LogP contribution in [0.2, 0.25) is 0 Å². The highest BCUT2D eigenvalue weighted by Gasteiger charge is 2.42. The molecular formula is C6H8F7N. The van der Waals surface area contributed by atoms with E-state index >= 15 is 0 Å². The maximum Gasteiger partial charge on any atom is 0.272 e. The van der Waals surface area contributed by atoms with E-state index in [2.05, 4.69) is 5.73 Å². The van der Waals surface area contributed by atoms with Gasteiger partial charge in [-0.2, -0.15) is 0 Å². The molecule has 0 radical (unpaired) electrons. The average Bonchev–Trinajstić information content (AvgIpc) is 2.12. The van der Waals surface area contributed by atoms with Gasteiger partial charge in [-0.25, -0.2) is 30.7 Å². The first-order valence-corrected chi connectivity index (χ1v) is 3.53. The van der Waals surface area contributed by atoms with Crippen LogP contribution in [0, 0.1) is 0 Å². The molecule has 0 bridgehead atoms. The Morgan fingerprint density at radius 1 is 0.571 bits per heavy atom. The van der Waals surface area contributed by atoms with Crippen LogP contribution in [0.15, 0.2) is 0 Å². The molecule has 0 heterocycles. The molecule has 0 saturated heterocycles. The smallest absolute Gasteiger partial charge is 0.272 e. The Balaban J connectivity index is 4.30. The number of hydrogen-bond donors (Lipinski definition) is 1. The van der Waals surface area contributed by atoms with Gasteiger partial charge in [0.1, 0.15) is 0 Å². The van der Waals surface area contributed by atoms with E-state index in [4.69, 9.17) is 0 Å². The third-order valence-corrected chi connectivity index (χ3v) is 1.46. The van der Waals surface area contributed by atoms with Gasteiger partial charge < -0.3 is 0 Å². The molecule has 2 N–H and O–H groups in total. The van der Waals surface area contributed by atoms with Gasteiger partial charge in [0.25, 0.3) is 6.43 Å². The van der Waals surface area contributed by atoms with Crippen LogP contribution < -0.4 is 5.73 Å². The van der Waals surface area contributed by atoms with E-state index in [-0.39, 0.29) is 0 Å². The van der Waals surface area contributed by atoms with E-state index in [1.54, 1.807) is 0 Å². The van der Waals surface area contributed by atoms with Gasteiger partial charge in [-0.1, -0.05) is 0 Å². The molecule has 0 fully saturated rings. The first-order valence-electron chi connectivity index (χ1n) is 3.53. The number of rotatable bonds is 5. The monoisotopic (exact) mass is 227 g/mol. The number of hydrogen-bond acceptors (Lipinski definition) is 1. The fourth-order valence-electron chi connectivity index (χ4n) is 0.666. The topological polar surface area (TPSA) is 26.0 Å². The molecule has 0 spiro atoms. The number of nitrogens with two attached hydrogens (primary N) is 1. The quantitative estimate of drug-likeness (QED) is 0.563. The van der Waals surface area contributed by atoms with E-state index in [0.29, 0.717) is 0 Å². The summed E-state index contributed by atoms with van der Waals surface area (Å²) >= 11 is 0. The predicted octanol–water partition coefficient (Wildman–Crippen LogP) is 1.86. The molecule has 0 rings (SSSR count). The molecule has 8 heteroatoms. The maximum absolute atomic E-state index is 12.4. The van der Waals surface area contributed by atoms with Crippen molar-refractivity contribution in [3.8, 4) is 0 Å². The van der Waals surface area contributed by atoms with Crippen molar-refractivity contribution in [3.63, 3.8) is 0 Å². The Hall–Kier alpha value is -0.530. The lowest BCUT2D eigenvalue weighted by atomic mass is 10.1. The van der Waals surface area contributed by atoms with Gasteiger partial charge in [-0.3, -0.25) is 5.73 Å². The second kappa shape index (κ2) is 5.38. The minimum Gasteiger partial charge on any atom is -0.299 e. The highest BCUT2D eigenvalue weighted by molar-refractivity contribution is 4.85. The van der Waals surface area contributed by atoms with Gasteiger partial charge in [0, 0.05) is 0 Å². The zero-order valence-electron chi connectivity index (χ0n) is 6.69. The Labute approximate surface area is 75.1 Å². The minimum atomic E-state index is -3.80. The molecule has 14 heavy (non-hydrogen) atoms. The van der Waals surface area contributed by atoms with E-state index in [0.717, 1.165) is 0 Å². The molecule has 5 unspecified atom stereocenters. The lowest BCUT2D eigenvalue weighted by Gasteiger charge is -2.20. The Kier molecular flexibility index (Phi) is 5.17. The molecule has 5 atom stereocenters. The summed E-state index contributed by atoms with van der Waals surface area (Å²) in [7, 11) is 0. The van der Waals surface area contributed by atoms with E-state index in [1.165, 1.54) is 0 Å². The Morgan fingerprint density at radius 2 is 0.929 bits per heavy atom. The van der Waals surface area contributed by atoms with Crippen LogP contribution in [-0.4, -0.2) is 37.4 Å². The lowest BCUT2D eigenvalue weighted by molar-refractivity contribution is -0.0504. The normalized spacial score (nSPS) is 22.9. The van der Waals surface area contributed by atoms with Crippen molar-refractivity contribution in [1.82, 2.24) is 0 Å². The number of halogens is 7. The molecule has 0 aliphatic heterocycles.